The molecule has 0 bridgehead atoms. The normalized spacial score (nSPS) is 21.9. The molecule has 2 aromatic rings. The van der Waals surface area contributed by atoms with Gasteiger partial charge in [-0.2, -0.15) is 0 Å². The monoisotopic (exact) mass is 375 g/mol. The van der Waals surface area contributed by atoms with Crippen LogP contribution >= 0.6 is 7.92 Å². The number of benzene rings is 2. The quantitative estimate of drug-likeness (QED) is 0.777. The van der Waals surface area contributed by atoms with Crippen molar-refractivity contribution in [3.8, 4) is 0 Å². The molecule has 2 aliphatic rings. The van der Waals surface area contributed by atoms with Crippen molar-refractivity contribution < 1.29 is 4.74 Å². The van der Waals surface area contributed by atoms with Gasteiger partial charge in [-0.15, -0.1) is 0 Å². The van der Waals surface area contributed by atoms with Crippen molar-refractivity contribution in [1.82, 2.24) is 5.32 Å². The van der Waals surface area contributed by atoms with Crippen molar-refractivity contribution >= 4 is 18.5 Å². The van der Waals surface area contributed by atoms with Gasteiger partial charge in [0.15, 0.2) is 5.88 Å². The van der Waals surface area contributed by atoms with Crippen LogP contribution in [0.2, 0.25) is 0 Å². The molecule has 0 aromatic heterocycles. The van der Waals surface area contributed by atoms with Crippen molar-refractivity contribution in [2.45, 2.75) is 26.8 Å². The minimum absolute atomic E-state index is 0.178. The van der Waals surface area contributed by atoms with Crippen LogP contribution in [0, 0.1) is 5.41 Å². The molecule has 3 heteroatoms. The fraction of sp³-hybridized carbons (Fsp3) is 0.250. The molecule has 0 radical (unpaired) electrons. The third-order valence-corrected chi connectivity index (χ3v) is 7.45. The number of allylic oxidation sites excluding steroid dienone is 5. The molecular formula is C24H26NOP. The van der Waals surface area contributed by atoms with Gasteiger partial charge in [0.25, 0.3) is 0 Å². The highest BCUT2D eigenvalue weighted by Crippen LogP contribution is 2.46. The summed E-state index contributed by atoms with van der Waals surface area (Å²) in [5.41, 5.74) is 1.33. The molecule has 0 saturated carbocycles. The van der Waals surface area contributed by atoms with Crippen LogP contribution in [-0.4, -0.2) is 12.6 Å². The fourth-order valence-electron chi connectivity index (χ4n) is 3.35. The van der Waals surface area contributed by atoms with Gasteiger partial charge in [0.1, 0.15) is 6.61 Å². The first-order valence-electron chi connectivity index (χ1n) is 9.46. The van der Waals surface area contributed by atoms with Crippen molar-refractivity contribution in [3.63, 3.8) is 0 Å². The molecule has 1 saturated heterocycles. The van der Waals surface area contributed by atoms with Gasteiger partial charge in [-0.05, 0) is 41.4 Å². The zero-order valence-electron chi connectivity index (χ0n) is 16.1. The number of hydrogen-bond acceptors (Lipinski definition) is 2. The van der Waals surface area contributed by atoms with Gasteiger partial charge < -0.3 is 10.1 Å². The summed E-state index contributed by atoms with van der Waals surface area (Å²) >= 11 is 0. The van der Waals surface area contributed by atoms with Crippen LogP contribution in [0.25, 0.3) is 0 Å². The third-order valence-electron chi connectivity index (χ3n) is 5.03. The van der Waals surface area contributed by atoms with Gasteiger partial charge in [0, 0.05) is 5.57 Å². The lowest BCUT2D eigenvalue weighted by atomic mass is 9.88. The second-order valence-corrected chi connectivity index (χ2v) is 10.3. The molecule has 27 heavy (non-hydrogen) atoms. The van der Waals surface area contributed by atoms with E-state index in [0.717, 1.165) is 18.1 Å². The lowest BCUT2D eigenvalue weighted by Gasteiger charge is -2.24. The van der Waals surface area contributed by atoms with E-state index in [2.05, 4.69) is 105 Å². The van der Waals surface area contributed by atoms with Crippen LogP contribution in [0.3, 0.4) is 0 Å². The molecular weight excluding hydrogens is 349 g/mol. The van der Waals surface area contributed by atoms with E-state index in [1.807, 2.05) is 0 Å². The average molecular weight is 375 g/mol. The first-order chi connectivity index (χ1) is 13.0. The summed E-state index contributed by atoms with van der Waals surface area (Å²) < 4.78 is 6.00. The minimum Gasteiger partial charge on any atom is -0.477 e. The van der Waals surface area contributed by atoms with Crippen LogP contribution in [0.1, 0.15) is 20.8 Å². The lowest BCUT2D eigenvalue weighted by Crippen LogP contribution is -2.36. The number of hydrogen-bond donors (Lipinski definition) is 1. The molecule has 1 atom stereocenters. The van der Waals surface area contributed by atoms with E-state index in [9.17, 15) is 0 Å². The van der Waals surface area contributed by atoms with Crippen molar-refractivity contribution in [1.29, 1.82) is 0 Å². The highest BCUT2D eigenvalue weighted by atomic mass is 31.1. The summed E-state index contributed by atoms with van der Waals surface area (Å²) in [5.74, 6) is 0.914. The molecule has 1 aliphatic carbocycles. The second kappa shape index (κ2) is 7.37. The Hall–Kier alpha value is -2.31. The second-order valence-electron chi connectivity index (χ2n) is 8.07. The number of nitrogens with one attached hydrogen (secondary N) is 1. The standard InChI is InChI=1S/C24H26NOP/c1-24(2,3)22-17-26-23(25-22)18-14-15-21(16-18)27(19-10-6-4-7-11-19)20-12-8-5-9-13-20/h4-16,22,25H,17H2,1-3H3/b23-18-/t22-/m1/s1. The molecule has 0 amide bonds. The molecule has 2 aromatic carbocycles. The molecule has 1 N–H and O–H groups in total. The smallest absolute Gasteiger partial charge is 0.194 e. The highest BCUT2D eigenvalue weighted by molar-refractivity contribution is 7.77. The van der Waals surface area contributed by atoms with Gasteiger partial charge in [-0.1, -0.05) is 87.5 Å². The summed E-state index contributed by atoms with van der Waals surface area (Å²) in [5, 5.41) is 7.68. The summed E-state index contributed by atoms with van der Waals surface area (Å²) in [6.07, 6.45) is 6.73. The van der Waals surface area contributed by atoms with Crippen LogP contribution in [0.4, 0.5) is 0 Å². The number of rotatable bonds is 3. The topological polar surface area (TPSA) is 21.3 Å². The molecule has 138 valence electrons. The van der Waals surface area contributed by atoms with Crippen LogP contribution in [0.5, 0.6) is 0 Å². The van der Waals surface area contributed by atoms with Crippen LogP contribution in [-0.2, 0) is 4.74 Å². The zero-order chi connectivity index (χ0) is 18.9. The van der Waals surface area contributed by atoms with Crippen LogP contribution in [0.15, 0.2) is 95.7 Å². The van der Waals surface area contributed by atoms with Gasteiger partial charge >= 0.3 is 0 Å². The van der Waals surface area contributed by atoms with Crippen molar-refractivity contribution in [3.05, 3.63) is 95.7 Å². The van der Waals surface area contributed by atoms with E-state index in [4.69, 9.17) is 4.74 Å². The summed E-state index contributed by atoms with van der Waals surface area (Å²) in [6, 6.07) is 21.9. The Balaban J connectivity index is 1.68. The Kier molecular flexibility index (Phi) is 4.93. The Morgan fingerprint density at radius 1 is 0.889 bits per heavy atom. The Bertz CT molecular complexity index is 851. The first-order valence-corrected chi connectivity index (χ1v) is 10.8. The molecule has 1 aliphatic heterocycles. The molecule has 1 heterocycles. The summed E-state index contributed by atoms with van der Waals surface area (Å²) in [7, 11) is -0.570. The van der Waals surface area contributed by atoms with E-state index in [-0.39, 0.29) is 5.41 Å². The Labute approximate surface area is 163 Å². The van der Waals surface area contributed by atoms with E-state index < -0.39 is 7.92 Å². The fourth-order valence-corrected chi connectivity index (χ4v) is 5.68. The van der Waals surface area contributed by atoms with Gasteiger partial charge in [0.05, 0.1) is 6.04 Å². The van der Waals surface area contributed by atoms with Gasteiger partial charge in [-0.25, -0.2) is 0 Å². The van der Waals surface area contributed by atoms with Crippen molar-refractivity contribution in [2.75, 3.05) is 6.61 Å². The molecule has 0 spiro atoms. The minimum atomic E-state index is -0.570. The number of ether oxygens (including phenoxy) is 1. The summed E-state index contributed by atoms with van der Waals surface area (Å²) in [6.45, 7) is 7.47. The zero-order valence-corrected chi connectivity index (χ0v) is 17.0. The average Bonchev–Trinajstić information content (AvgIpc) is 3.33. The van der Waals surface area contributed by atoms with E-state index in [0.29, 0.717) is 6.04 Å². The maximum atomic E-state index is 6.00. The predicted molar refractivity (Wildman–Crippen MR) is 116 cm³/mol. The largest absolute Gasteiger partial charge is 0.477 e. The lowest BCUT2D eigenvalue weighted by molar-refractivity contribution is 0.214. The molecule has 4 rings (SSSR count). The first kappa shape index (κ1) is 18.1. The maximum Gasteiger partial charge on any atom is 0.194 e. The Morgan fingerprint density at radius 2 is 1.48 bits per heavy atom. The third kappa shape index (κ3) is 3.87. The van der Waals surface area contributed by atoms with Gasteiger partial charge in [-0.3, -0.25) is 0 Å². The molecule has 0 unspecified atom stereocenters. The molecule has 2 nitrogen and oxygen atoms in total. The van der Waals surface area contributed by atoms with Crippen LogP contribution < -0.4 is 15.9 Å². The van der Waals surface area contributed by atoms with E-state index in [1.54, 1.807) is 0 Å². The summed E-state index contributed by atoms with van der Waals surface area (Å²) in [4.78, 5) is 0. The van der Waals surface area contributed by atoms with Crippen molar-refractivity contribution in [2.24, 2.45) is 5.41 Å². The van der Waals surface area contributed by atoms with E-state index >= 15 is 0 Å². The SMILES string of the molecule is CC(C)(C)[C@H]1CO/C(=C2/C=CC(P(c3ccccc3)c3ccccc3)=C2)N1. The maximum absolute atomic E-state index is 6.00. The highest BCUT2D eigenvalue weighted by Gasteiger charge is 2.32. The Morgan fingerprint density at radius 3 is 2.00 bits per heavy atom. The van der Waals surface area contributed by atoms with E-state index in [1.165, 1.54) is 15.9 Å². The van der Waals surface area contributed by atoms with Gasteiger partial charge in [0.2, 0.25) is 0 Å². The molecule has 1 fully saturated rings. The predicted octanol–water partition coefficient (Wildman–Crippen LogP) is 4.82.